The van der Waals surface area contributed by atoms with Crippen LogP contribution >= 0.6 is 0 Å². The Labute approximate surface area is 118 Å². The van der Waals surface area contributed by atoms with Gasteiger partial charge in [-0.25, -0.2) is 0 Å². The van der Waals surface area contributed by atoms with E-state index >= 15 is 0 Å². The van der Waals surface area contributed by atoms with Gasteiger partial charge in [-0.1, -0.05) is 24.3 Å². The third-order valence-corrected chi connectivity index (χ3v) is 3.77. The Bertz CT molecular complexity index is 619. The van der Waals surface area contributed by atoms with Crippen LogP contribution in [0.4, 0.5) is 0 Å². The first-order valence-corrected chi connectivity index (χ1v) is 6.84. The zero-order valence-corrected chi connectivity index (χ0v) is 11.2. The molecule has 2 aromatic carbocycles. The fourth-order valence-corrected chi connectivity index (χ4v) is 2.63. The van der Waals surface area contributed by atoms with E-state index in [0.717, 1.165) is 19.5 Å². The molecule has 0 atom stereocenters. The molecule has 0 amide bonds. The van der Waals surface area contributed by atoms with Gasteiger partial charge in [-0.15, -0.1) is 0 Å². The Morgan fingerprint density at radius 2 is 1.75 bits per heavy atom. The Kier molecular flexibility index (Phi) is 3.52. The van der Waals surface area contributed by atoms with Crippen LogP contribution in [-0.2, 0) is 13.0 Å². The van der Waals surface area contributed by atoms with Crippen molar-refractivity contribution in [1.29, 1.82) is 0 Å². The number of hydrogen-bond acceptors (Lipinski definition) is 3. The molecule has 0 saturated heterocycles. The van der Waals surface area contributed by atoms with Crippen molar-refractivity contribution in [2.75, 3.05) is 13.1 Å². The smallest absolute Gasteiger partial charge is 0.176 e. The summed E-state index contributed by atoms with van der Waals surface area (Å²) >= 11 is 0. The molecular weight excluding hydrogens is 250 g/mol. The molecule has 3 rings (SSSR count). The number of fused-ring (bicyclic) bond motifs is 1. The molecule has 0 aromatic heterocycles. The number of rotatable bonds is 3. The third-order valence-electron chi connectivity index (χ3n) is 3.77. The van der Waals surface area contributed by atoms with E-state index in [2.05, 4.69) is 23.1 Å². The number of Topliss-reactive ketones (excluding diaryl/α,β-unsaturated/α-hetero) is 1. The predicted molar refractivity (Wildman–Crippen MR) is 77.9 cm³/mol. The van der Waals surface area contributed by atoms with E-state index in [9.17, 15) is 9.90 Å². The van der Waals surface area contributed by atoms with Crippen LogP contribution in [0.3, 0.4) is 0 Å². The second kappa shape index (κ2) is 5.47. The number of ketones is 1. The molecule has 0 radical (unpaired) electrons. The molecule has 3 heteroatoms. The van der Waals surface area contributed by atoms with Crippen LogP contribution in [0.25, 0.3) is 0 Å². The van der Waals surface area contributed by atoms with E-state index < -0.39 is 0 Å². The number of phenolic OH excluding ortho intramolecular Hbond substituents is 1. The summed E-state index contributed by atoms with van der Waals surface area (Å²) < 4.78 is 0. The molecule has 0 unspecified atom stereocenters. The molecule has 0 fully saturated rings. The van der Waals surface area contributed by atoms with Gasteiger partial charge in [-0.05, 0) is 41.8 Å². The van der Waals surface area contributed by atoms with Gasteiger partial charge in [0.2, 0.25) is 0 Å². The van der Waals surface area contributed by atoms with Crippen LogP contribution in [0.5, 0.6) is 5.75 Å². The number of carbonyl (C=O) groups is 1. The molecule has 3 nitrogen and oxygen atoms in total. The van der Waals surface area contributed by atoms with E-state index in [1.165, 1.54) is 11.1 Å². The summed E-state index contributed by atoms with van der Waals surface area (Å²) in [5.74, 6) is 0.290. The largest absolute Gasteiger partial charge is 0.508 e. The topological polar surface area (TPSA) is 40.5 Å². The second-order valence-corrected chi connectivity index (χ2v) is 5.20. The Hall–Kier alpha value is -2.13. The molecule has 0 aliphatic carbocycles. The predicted octanol–water partition coefficient (Wildman–Crippen LogP) is 2.63. The lowest BCUT2D eigenvalue weighted by Crippen LogP contribution is -2.34. The molecular formula is C17H17NO2. The van der Waals surface area contributed by atoms with Crippen molar-refractivity contribution in [2.45, 2.75) is 13.0 Å². The Morgan fingerprint density at radius 1 is 1.05 bits per heavy atom. The zero-order valence-electron chi connectivity index (χ0n) is 11.2. The SMILES string of the molecule is O=C(CN1CCc2ccccc2C1)c1ccc(O)cc1. The lowest BCUT2D eigenvalue weighted by atomic mass is 9.99. The average molecular weight is 267 g/mol. The summed E-state index contributed by atoms with van der Waals surface area (Å²) in [6, 6.07) is 14.9. The average Bonchev–Trinajstić information content (AvgIpc) is 2.48. The van der Waals surface area contributed by atoms with Crippen LogP contribution < -0.4 is 0 Å². The summed E-state index contributed by atoms with van der Waals surface area (Å²) in [6.07, 6.45) is 0.999. The maximum atomic E-state index is 12.2. The molecule has 2 aromatic rings. The van der Waals surface area contributed by atoms with Gasteiger partial charge in [0, 0.05) is 18.7 Å². The second-order valence-electron chi connectivity index (χ2n) is 5.20. The molecule has 0 bridgehead atoms. The van der Waals surface area contributed by atoms with Crippen molar-refractivity contribution in [2.24, 2.45) is 0 Å². The van der Waals surface area contributed by atoms with Crippen molar-refractivity contribution in [3.05, 3.63) is 65.2 Å². The molecule has 1 heterocycles. The molecule has 1 aliphatic heterocycles. The van der Waals surface area contributed by atoms with Gasteiger partial charge >= 0.3 is 0 Å². The van der Waals surface area contributed by atoms with Crippen LogP contribution in [0.15, 0.2) is 48.5 Å². The molecule has 102 valence electrons. The highest BCUT2D eigenvalue weighted by atomic mass is 16.3. The summed E-state index contributed by atoms with van der Waals surface area (Å²) in [5, 5.41) is 9.25. The summed E-state index contributed by atoms with van der Waals surface area (Å²) in [7, 11) is 0. The minimum atomic E-state index is 0.101. The van der Waals surface area contributed by atoms with E-state index in [1.54, 1.807) is 24.3 Å². The maximum absolute atomic E-state index is 12.2. The van der Waals surface area contributed by atoms with Crippen molar-refractivity contribution in [3.8, 4) is 5.75 Å². The molecule has 1 aliphatic rings. The number of benzene rings is 2. The summed E-state index contributed by atoms with van der Waals surface area (Å²) in [6.45, 7) is 2.18. The van der Waals surface area contributed by atoms with E-state index in [1.807, 2.05) is 6.07 Å². The Morgan fingerprint density at radius 3 is 2.50 bits per heavy atom. The van der Waals surface area contributed by atoms with Gasteiger partial charge in [0.1, 0.15) is 5.75 Å². The van der Waals surface area contributed by atoms with Gasteiger partial charge in [-0.3, -0.25) is 9.69 Å². The highest BCUT2D eigenvalue weighted by molar-refractivity contribution is 5.97. The first-order valence-electron chi connectivity index (χ1n) is 6.84. The maximum Gasteiger partial charge on any atom is 0.176 e. The highest BCUT2D eigenvalue weighted by Crippen LogP contribution is 2.19. The van der Waals surface area contributed by atoms with Gasteiger partial charge in [-0.2, -0.15) is 0 Å². The molecule has 20 heavy (non-hydrogen) atoms. The quantitative estimate of drug-likeness (QED) is 0.869. The zero-order chi connectivity index (χ0) is 13.9. The fourth-order valence-electron chi connectivity index (χ4n) is 2.63. The number of hydrogen-bond donors (Lipinski definition) is 1. The van der Waals surface area contributed by atoms with Gasteiger partial charge in [0.15, 0.2) is 5.78 Å². The Balaban J connectivity index is 1.67. The minimum absolute atomic E-state index is 0.101. The first kappa shape index (κ1) is 12.9. The monoisotopic (exact) mass is 267 g/mol. The van der Waals surface area contributed by atoms with Crippen molar-refractivity contribution < 1.29 is 9.90 Å². The van der Waals surface area contributed by atoms with Crippen LogP contribution in [0, 0.1) is 0 Å². The normalized spacial score (nSPS) is 14.8. The fraction of sp³-hybridized carbons (Fsp3) is 0.235. The summed E-state index contributed by atoms with van der Waals surface area (Å²) in [4.78, 5) is 14.4. The number of phenols is 1. The number of carbonyl (C=O) groups excluding carboxylic acids is 1. The number of aromatic hydroxyl groups is 1. The number of nitrogens with zero attached hydrogens (tertiary/aromatic N) is 1. The van der Waals surface area contributed by atoms with Gasteiger partial charge in [0.25, 0.3) is 0 Å². The molecule has 0 saturated carbocycles. The lowest BCUT2D eigenvalue weighted by Gasteiger charge is -2.28. The van der Waals surface area contributed by atoms with Crippen molar-refractivity contribution in [1.82, 2.24) is 4.90 Å². The lowest BCUT2D eigenvalue weighted by molar-refractivity contribution is 0.0921. The van der Waals surface area contributed by atoms with Gasteiger partial charge < -0.3 is 5.11 Å². The van der Waals surface area contributed by atoms with Crippen LogP contribution in [0.1, 0.15) is 21.5 Å². The minimum Gasteiger partial charge on any atom is -0.508 e. The highest BCUT2D eigenvalue weighted by Gasteiger charge is 2.18. The molecule has 0 spiro atoms. The first-order chi connectivity index (χ1) is 9.72. The van der Waals surface area contributed by atoms with E-state index in [4.69, 9.17) is 0 Å². The van der Waals surface area contributed by atoms with Crippen molar-refractivity contribution in [3.63, 3.8) is 0 Å². The van der Waals surface area contributed by atoms with E-state index in [0.29, 0.717) is 12.1 Å². The van der Waals surface area contributed by atoms with Crippen molar-refractivity contribution >= 4 is 5.78 Å². The van der Waals surface area contributed by atoms with E-state index in [-0.39, 0.29) is 11.5 Å². The summed E-state index contributed by atoms with van der Waals surface area (Å²) in [5.41, 5.74) is 3.36. The van der Waals surface area contributed by atoms with Crippen LogP contribution in [0.2, 0.25) is 0 Å². The third kappa shape index (κ3) is 2.73. The molecule has 1 N–H and O–H groups in total. The standard InChI is InChI=1S/C17H17NO2/c19-16-7-5-14(6-8-16)17(20)12-18-10-9-13-3-1-2-4-15(13)11-18/h1-8,19H,9-12H2. The van der Waals surface area contributed by atoms with Gasteiger partial charge in [0.05, 0.1) is 6.54 Å². The van der Waals surface area contributed by atoms with Crippen LogP contribution in [-0.4, -0.2) is 28.9 Å².